The van der Waals surface area contributed by atoms with Crippen molar-refractivity contribution >= 4 is 5.97 Å². The Morgan fingerprint density at radius 2 is 2.06 bits per heavy atom. The van der Waals surface area contributed by atoms with Crippen LogP contribution >= 0.6 is 0 Å². The molecule has 1 N–H and O–H groups in total. The minimum absolute atomic E-state index is 0.183. The molecule has 0 aliphatic carbocycles. The molecule has 0 spiro atoms. The van der Waals surface area contributed by atoms with E-state index in [2.05, 4.69) is 11.9 Å². The van der Waals surface area contributed by atoms with Gasteiger partial charge in [-0.05, 0) is 19.4 Å². The van der Waals surface area contributed by atoms with Crippen LogP contribution in [0.1, 0.15) is 25.5 Å². The molecule has 1 atom stereocenters. The van der Waals surface area contributed by atoms with Gasteiger partial charge in [0, 0.05) is 18.2 Å². The second-order valence-corrected chi connectivity index (χ2v) is 3.84. The Balaban J connectivity index is 2.41. The van der Waals surface area contributed by atoms with Crippen molar-refractivity contribution in [2.75, 3.05) is 13.2 Å². The molecule has 0 aliphatic rings. The van der Waals surface area contributed by atoms with E-state index in [1.807, 2.05) is 37.3 Å². The monoisotopic (exact) mass is 233 g/mol. The first-order valence-corrected chi connectivity index (χ1v) is 5.78. The lowest BCUT2D eigenvalue weighted by Crippen LogP contribution is -2.24. The van der Waals surface area contributed by atoms with Gasteiger partial charge in [-0.2, -0.15) is 0 Å². The van der Waals surface area contributed by atoms with E-state index in [4.69, 9.17) is 4.74 Å². The Bertz CT molecular complexity index is 373. The lowest BCUT2D eigenvalue weighted by Gasteiger charge is -2.14. The fraction of sp³-hybridized carbons (Fsp3) is 0.357. The van der Waals surface area contributed by atoms with Crippen molar-refractivity contribution < 1.29 is 9.53 Å². The lowest BCUT2D eigenvalue weighted by atomic mass is 10.1. The molecule has 0 unspecified atom stereocenters. The summed E-state index contributed by atoms with van der Waals surface area (Å²) < 4.78 is 4.86. The summed E-state index contributed by atoms with van der Waals surface area (Å²) in [7, 11) is 0. The third-order valence-corrected chi connectivity index (χ3v) is 2.49. The van der Waals surface area contributed by atoms with E-state index < -0.39 is 0 Å². The maximum absolute atomic E-state index is 11.3. The van der Waals surface area contributed by atoms with Gasteiger partial charge in [0.15, 0.2) is 0 Å². The van der Waals surface area contributed by atoms with Gasteiger partial charge in [-0.25, -0.2) is 4.79 Å². The molecule has 1 aromatic rings. The Morgan fingerprint density at radius 3 is 2.65 bits per heavy atom. The van der Waals surface area contributed by atoms with Crippen LogP contribution < -0.4 is 5.32 Å². The summed E-state index contributed by atoms with van der Waals surface area (Å²) in [5, 5.41) is 3.24. The van der Waals surface area contributed by atoms with Gasteiger partial charge in [-0.1, -0.05) is 36.9 Å². The highest BCUT2D eigenvalue weighted by Crippen LogP contribution is 2.11. The van der Waals surface area contributed by atoms with Crippen molar-refractivity contribution in [3.05, 3.63) is 48.0 Å². The van der Waals surface area contributed by atoms with Crippen LogP contribution in [0.15, 0.2) is 42.5 Å². The molecular formula is C14H19NO2. The normalized spacial score (nSPS) is 11.9. The summed E-state index contributed by atoms with van der Waals surface area (Å²) in [4.78, 5) is 11.3. The standard InChI is InChI=1S/C14H19NO2/c1-4-17-14(16)11(2)10-15-12(3)13-8-6-5-7-9-13/h5-9,12,15H,2,4,10H2,1,3H3/t12-/m0/s1. The van der Waals surface area contributed by atoms with Crippen molar-refractivity contribution in [1.82, 2.24) is 5.32 Å². The Morgan fingerprint density at radius 1 is 1.41 bits per heavy atom. The van der Waals surface area contributed by atoms with Gasteiger partial charge in [0.25, 0.3) is 0 Å². The molecule has 0 saturated carbocycles. The highest BCUT2D eigenvalue weighted by Gasteiger charge is 2.09. The van der Waals surface area contributed by atoms with Crippen LogP contribution in [0.3, 0.4) is 0 Å². The number of hydrogen-bond acceptors (Lipinski definition) is 3. The van der Waals surface area contributed by atoms with Crippen LogP contribution in [0.25, 0.3) is 0 Å². The van der Waals surface area contributed by atoms with E-state index in [-0.39, 0.29) is 12.0 Å². The van der Waals surface area contributed by atoms with Crippen LogP contribution in [-0.2, 0) is 9.53 Å². The Hall–Kier alpha value is -1.61. The van der Waals surface area contributed by atoms with Crippen LogP contribution in [0, 0.1) is 0 Å². The molecule has 1 aromatic carbocycles. The first kappa shape index (κ1) is 13.5. The average molecular weight is 233 g/mol. The van der Waals surface area contributed by atoms with Crippen molar-refractivity contribution in [3.63, 3.8) is 0 Å². The smallest absolute Gasteiger partial charge is 0.334 e. The molecule has 17 heavy (non-hydrogen) atoms. The molecule has 3 nitrogen and oxygen atoms in total. The number of carbonyl (C=O) groups excluding carboxylic acids is 1. The highest BCUT2D eigenvalue weighted by atomic mass is 16.5. The van der Waals surface area contributed by atoms with Crippen LogP contribution in [0.2, 0.25) is 0 Å². The fourth-order valence-corrected chi connectivity index (χ4v) is 1.44. The summed E-state index contributed by atoms with van der Waals surface area (Å²) in [6.07, 6.45) is 0. The first-order chi connectivity index (χ1) is 8.15. The van der Waals surface area contributed by atoms with E-state index in [9.17, 15) is 4.79 Å². The van der Waals surface area contributed by atoms with E-state index in [0.29, 0.717) is 18.7 Å². The van der Waals surface area contributed by atoms with Gasteiger partial charge < -0.3 is 10.1 Å². The summed E-state index contributed by atoms with van der Waals surface area (Å²) >= 11 is 0. The lowest BCUT2D eigenvalue weighted by molar-refractivity contribution is -0.138. The molecule has 0 saturated heterocycles. The molecule has 0 radical (unpaired) electrons. The van der Waals surface area contributed by atoms with Gasteiger partial charge in [-0.15, -0.1) is 0 Å². The number of nitrogens with one attached hydrogen (secondary N) is 1. The minimum Gasteiger partial charge on any atom is -0.463 e. The Kier molecular flexibility index (Phi) is 5.43. The summed E-state index contributed by atoms with van der Waals surface area (Å²) in [6.45, 7) is 8.35. The number of carbonyl (C=O) groups is 1. The maximum Gasteiger partial charge on any atom is 0.334 e. The van der Waals surface area contributed by atoms with E-state index in [1.165, 1.54) is 5.56 Å². The number of benzene rings is 1. The van der Waals surface area contributed by atoms with E-state index >= 15 is 0 Å². The number of hydrogen-bond donors (Lipinski definition) is 1. The van der Waals surface area contributed by atoms with Gasteiger partial charge >= 0.3 is 5.97 Å². The van der Waals surface area contributed by atoms with Gasteiger partial charge in [0.05, 0.1) is 6.61 Å². The van der Waals surface area contributed by atoms with Crippen LogP contribution in [0.5, 0.6) is 0 Å². The summed E-state index contributed by atoms with van der Waals surface area (Å²) in [5.74, 6) is -0.333. The molecule has 0 aliphatic heterocycles. The first-order valence-electron chi connectivity index (χ1n) is 5.78. The third-order valence-electron chi connectivity index (χ3n) is 2.49. The fourth-order valence-electron chi connectivity index (χ4n) is 1.44. The second kappa shape index (κ2) is 6.86. The zero-order chi connectivity index (χ0) is 12.7. The molecule has 1 rings (SSSR count). The zero-order valence-corrected chi connectivity index (χ0v) is 10.4. The van der Waals surface area contributed by atoms with Gasteiger partial charge in [0.2, 0.25) is 0 Å². The van der Waals surface area contributed by atoms with Gasteiger partial charge in [0.1, 0.15) is 0 Å². The maximum atomic E-state index is 11.3. The van der Waals surface area contributed by atoms with Crippen LogP contribution in [0.4, 0.5) is 0 Å². The summed E-state index contributed by atoms with van der Waals surface area (Å²) in [5.41, 5.74) is 1.64. The highest BCUT2D eigenvalue weighted by molar-refractivity contribution is 5.88. The number of rotatable bonds is 6. The molecule has 0 aromatic heterocycles. The van der Waals surface area contributed by atoms with Crippen molar-refractivity contribution in [3.8, 4) is 0 Å². The summed E-state index contributed by atoms with van der Waals surface area (Å²) in [6, 6.07) is 10.2. The van der Waals surface area contributed by atoms with Crippen molar-refractivity contribution in [1.29, 1.82) is 0 Å². The number of ether oxygens (including phenoxy) is 1. The third kappa shape index (κ3) is 4.41. The quantitative estimate of drug-likeness (QED) is 0.606. The Labute approximate surface area is 102 Å². The molecule has 92 valence electrons. The van der Waals surface area contributed by atoms with Crippen LogP contribution in [-0.4, -0.2) is 19.1 Å². The predicted octanol–water partition coefficient (Wildman–Crippen LogP) is 2.46. The molecule has 0 amide bonds. The minimum atomic E-state index is -0.333. The largest absolute Gasteiger partial charge is 0.463 e. The molecule has 0 bridgehead atoms. The predicted molar refractivity (Wildman–Crippen MR) is 68.6 cm³/mol. The zero-order valence-electron chi connectivity index (χ0n) is 10.4. The second-order valence-electron chi connectivity index (χ2n) is 3.84. The topological polar surface area (TPSA) is 38.3 Å². The molecular weight excluding hydrogens is 214 g/mol. The SMILES string of the molecule is C=C(CN[C@@H](C)c1ccccc1)C(=O)OCC. The average Bonchev–Trinajstić information content (AvgIpc) is 2.36. The molecule has 0 fully saturated rings. The molecule has 3 heteroatoms. The van der Waals surface area contributed by atoms with Crippen molar-refractivity contribution in [2.24, 2.45) is 0 Å². The number of esters is 1. The van der Waals surface area contributed by atoms with Crippen molar-refractivity contribution in [2.45, 2.75) is 19.9 Å². The van der Waals surface area contributed by atoms with E-state index in [1.54, 1.807) is 6.92 Å². The molecule has 0 heterocycles. The van der Waals surface area contributed by atoms with E-state index in [0.717, 1.165) is 0 Å². The van der Waals surface area contributed by atoms with Gasteiger partial charge in [-0.3, -0.25) is 0 Å².